The number of methoxy groups -OCH3 is 1. The van der Waals surface area contributed by atoms with Crippen LogP contribution in [0.3, 0.4) is 0 Å². The van der Waals surface area contributed by atoms with Crippen LogP contribution in [0, 0.1) is 11.6 Å². The van der Waals surface area contributed by atoms with Crippen LogP contribution in [0.1, 0.15) is 25.5 Å². The lowest BCUT2D eigenvalue weighted by Crippen LogP contribution is -2.41. The molecule has 1 rings (SSSR count). The number of hydrogen-bond donors (Lipinski definition) is 1. The Bertz CT molecular complexity index is 379. The van der Waals surface area contributed by atoms with E-state index in [-0.39, 0.29) is 18.2 Å². The van der Waals surface area contributed by atoms with Crippen LogP contribution in [0.5, 0.6) is 0 Å². The minimum absolute atomic E-state index is 0.0369. The van der Waals surface area contributed by atoms with Gasteiger partial charge in [0.2, 0.25) is 0 Å². The number of hydrogen-bond acceptors (Lipinski definition) is 3. The Balaban J connectivity index is 3.08. The zero-order valence-corrected chi connectivity index (χ0v) is 11.7. The molecule has 108 valence electrons. The molecule has 5 heteroatoms. The van der Waals surface area contributed by atoms with Crippen molar-refractivity contribution in [1.29, 1.82) is 0 Å². The van der Waals surface area contributed by atoms with E-state index in [9.17, 15) is 8.78 Å². The van der Waals surface area contributed by atoms with Gasteiger partial charge in [-0.15, -0.1) is 0 Å². The van der Waals surface area contributed by atoms with Crippen molar-refractivity contribution in [3.63, 3.8) is 0 Å². The van der Waals surface area contributed by atoms with E-state index < -0.39 is 17.7 Å². The highest BCUT2D eigenvalue weighted by Crippen LogP contribution is 2.26. The van der Waals surface area contributed by atoms with Crippen LogP contribution >= 0.6 is 0 Å². The third kappa shape index (κ3) is 3.96. The molecule has 0 radical (unpaired) electrons. The van der Waals surface area contributed by atoms with Gasteiger partial charge < -0.3 is 10.5 Å². The molecule has 19 heavy (non-hydrogen) atoms. The van der Waals surface area contributed by atoms with Crippen molar-refractivity contribution in [3.05, 3.63) is 35.4 Å². The zero-order chi connectivity index (χ0) is 14.4. The zero-order valence-electron chi connectivity index (χ0n) is 11.7. The van der Waals surface area contributed by atoms with Gasteiger partial charge >= 0.3 is 0 Å². The molecule has 1 aromatic rings. The number of ether oxygens (including phenoxy) is 1. The minimum atomic E-state index is -0.557. The summed E-state index contributed by atoms with van der Waals surface area (Å²) in [7, 11) is 1.60. The maximum atomic E-state index is 13.9. The van der Waals surface area contributed by atoms with E-state index in [2.05, 4.69) is 0 Å². The normalized spacial score (nSPS) is 13.3. The molecular formula is C14H22F2N2O. The molecule has 0 aromatic heterocycles. The van der Waals surface area contributed by atoms with Crippen molar-refractivity contribution in [3.8, 4) is 0 Å². The highest BCUT2D eigenvalue weighted by molar-refractivity contribution is 5.24. The fourth-order valence-corrected chi connectivity index (χ4v) is 2.22. The van der Waals surface area contributed by atoms with Gasteiger partial charge in [-0.2, -0.15) is 0 Å². The second kappa shape index (κ2) is 7.53. The lowest BCUT2D eigenvalue weighted by Gasteiger charge is -2.34. The second-order valence-electron chi connectivity index (χ2n) is 4.71. The first-order valence-corrected chi connectivity index (χ1v) is 6.41. The van der Waals surface area contributed by atoms with Crippen LogP contribution in [0.4, 0.5) is 8.78 Å². The molecule has 0 fully saturated rings. The Hall–Kier alpha value is -1.04. The van der Waals surface area contributed by atoms with Crippen LogP contribution in [-0.4, -0.2) is 37.7 Å². The smallest absolute Gasteiger partial charge is 0.130 e. The molecule has 0 aliphatic carbocycles. The van der Waals surface area contributed by atoms with Crippen molar-refractivity contribution in [2.24, 2.45) is 5.73 Å². The lowest BCUT2D eigenvalue weighted by atomic mass is 10.0. The standard InChI is InChI=1S/C14H22F2N2O/c1-10(2)18(7-8-19-3)13(9-17)14-11(15)5-4-6-12(14)16/h4-6,10,13H,7-9,17H2,1-3H3. The quantitative estimate of drug-likeness (QED) is 0.828. The molecule has 0 saturated heterocycles. The average Bonchev–Trinajstić information content (AvgIpc) is 2.36. The highest BCUT2D eigenvalue weighted by atomic mass is 19.1. The molecule has 0 spiro atoms. The van der Waals surface area contributed by atoms with Gasteiger partial charge in [-0.1, -0.05) is 6.07 Å². The van der Waals surface area contributed by atoms with Crippen LogP contribution in [0.2, 0.25) is 0 Å². The molecule has 1 aromatic carbocycles. The van der Waals surface area contributed by atoms with Gasteiger partial charge in [0.15, 0.2) is 0 Å². The summed E-state index contributed by atoms with van der Waals surface area (Å²) in [4.78, 5) is 1.95. The molecule has 1 unspecified atom stereocenters. The molecule has 1 atom stereocenters. The fraction of sp³-hybridized carbons (Fsp3) is 0.571. The van der Waals surface area contributed by atoms with Gasteiger partial charge in [-0.3, -0.25) is 4.90 Å². The summed E-state index contributed by atoms with van der Waals surface area (Å²) in [5.41, 5.74) is 5.77. The summed E-state index contributed by atoms with van der Waals surface area (Å²) < 4.78 is 32.8. The van der Waals surface area contributed by atoms with Gasteiger partial charge in [0, 0.05) is 31.8 Å². The van der Waals surface area contributed by atoms with Crippen LogP contribution in [0.15, 0.2) is 18.2 Å². The first kappa shape index (κ1) is 16.0. The van der Waals surface area contributed by atoms with E-state index in [0.717, 1.165) is 0 Å². The van der Waals surface area contributed by atoms with Crippen molar-refractivity contribution < 1.29 is 13.5 Å². The van der Waals surface area contributed by atoms with Crippen molar-refractivity contribution in [2.45, 2.75) is 25.9 Å². The van der Waals surface area contributed by atoms with Gasteiger partial charge in [-0.25, -0.2) is 8.78 Å². The molecule has 0 aliphatic rings. The molecule has 0 amide bonds. The van der Waals surface area contributed by atoms with Crippen LogP contribution in [-0.2, 0) is 4.74 Å². The molecule has 3 nitrogen and oxygen atoms in total. The number of nitrogens with zero attached hydrogens (tertiary/aromatic N) is 1. The number of nitrogens with two attached hydrogens (primary N) is 1. The molecule has 0 aliphatic heterocycles. The summed E-state index contributed by atoms with van der Waals surface area (Å²) in [5.74, 6) is -1.11. The van der Waals surface area contributed by atoms with Crippen LogP contribution < -0.4 is 5.73 Å². The van der Waals surface area contributed by atoms with E-state index in [0.29, 0.717) is 13.2 Å². The Labute approximate surface area is 113 Å². The van der Waals surface area contributed by atoms with E-state index in [1.54, 1.807) is 7.11 Å². The maximum absolute atomic E-state index is 13.9. The summed E-state index contributed by atoms with van der Waals surface area (Å²) >= 11 is 0. The van der Waals surface area contributed by atoms with Gasteiger partial charge in [0.1, 0.15) is 11.6 Å². The molecular weight excluding hydrogens is 250 g/mol. The molecule has 0 heterocycles. The SMILES string of the molecule is COCCN(C(C)C)C(CN)c1c(F)cccc1F. The number of halogens is 2. The van der Waals surface area contributed by atoms with Gasteiger partial charge in [0.25, 0.3) is 0 Å². The second-order valence-corrected chi connectivity index (χ2v) is 4.71. The Morgan fingerprint density at radius 2 is 1.84 bits per heavy atom. The number of rotatable bonds is 7. The number of benzene rings is 1. The Kier molecular flexibility index (Phi) is 6.34. The van der Waals surface area contributed by atoms with Crippen molar-refractivity contribution in [1.82, 2.24) is 4.90 Å². The third-order valence-electron chi connectivity index (χ3n) is 3.17. The van der Waals surface area contributed by atoms with Crippen molar-refractivity contribution in [2.75, 3.05) is 26.8 Å². The van der Waals surface area contributed by atoms with E-state index in [1.807, 2.05) is 18.7 Å². The van der Waals surface area contributed by atoms with E-state index in [4.69, 9.17) is 10.5 Å². The Morgan fingerprint density at radius 3 is 2.26 bits per heavy atom. The lowest BCUT2D eigenvalue weighted by molar-refractivity contribution is 0.0950. The third-order valence-corrected chi connectivity index (χ3v) is 3.17. The van der Waals surface area contributed by atoms with Gasteiger partial charge in [0.05, 0.1) is 12.6 Å². The topological polar surface area (TPSA) is 38.5 Å². The van der Waals surface area contributed by atoms with E-state index in [1.165, 1.54) is 18.2 Å². The predicted molar refractivity (Wildman–Crippen MR) is 71.9 cm³/mol. The predicted octanol–water partition coefficient (Wildman–Crippen LogP) is 2.32. The Morgan fingerprint density at radius 1 is 1.26 bits per heavy atom. The summed E-state index contributed by atoms with van der Waals surface area (Å²) in [6.45, 7) is 5.16. The molecule has 2 N–H and O–H groups in total. The first-order valence-electron chi connectivity index (χ1n) is 6.41. The largest absolute Gasteiger partial charge is 0.383 e. The first-order chi connectivity index (χ1) is 9.02. The molecule has 0 saturated carbocycles. The molecule has 0 bridgehead atoms. The van der Waals surface area contributed by atoms with Crippen LogP contribution in [0.25, 0.3) is 0 Å². The minimum Gasteiger partial charge on any atom is -0.383 e. The summed E-state index contributed by atoms with van der Waals surface area (Å²) in [6.07, 6.45) is 0. The monoisotopic (exact) mass is 272 g/mol. The van der Waals surface area contributed by atoms with Gasteiger partial charge in [-0.05, 0) is 26.0 Å². The highest BCUT2D eigenvalue weighted by Gasteiger charge is 2.26. The summed E-state index contributed by atoms with van der Waals surface area (Å²) in [6, 6.07) is 3.50. The fourth-order valence-electron chi connectivity index (χ4n) is 2.22. The average molecular weight is 272 g/mol. The maximum Gasteiger partial charge on any atom is 0.130 e. The van der Waals surface area contributed by atoms with E-state index >= 15 is 0 Å². The van der Waals surface area contributed by atoms with Crippen molar-refractivity contribution >= 4 is 0 Å². The summed E-state index contributed by atoms with van der Waals surface area (Å²) in [5, 5.41) is 0.